The van der Waals surface area contributed by atoms with Crippen LogP contribution in [0.5, 0.6) is 11.5 Å². The molecule has 2 rings (SSSR count). The molecule has 3 atom stereocenters. The van der Waals surface area contributed by atoms with Gasteiger partial charge in [-0.2, -0.15) is 0 Å². The molecule has 7 nitrogen and oxygen atoms in total. The molecule has 0 spiro atoms. The molecule has 140 valence electrons. The van der Waals surface area contributed by atoms with E-state index in [2.05, 4.69) is 0 Å². The number of carbonyl (C=O) groups excluding carboxylic acids is 2. The second kappa shape index (κ2) is 8.64. The van der Waals surface area contributed by atoms with Crippen molar-refractivity contribution in [2.45, 2.75) is 38.1 Å². The lowest BCUT2D eigenvalue weighted by molar-refractivity contribution is -0.127. The zero-order valence-electron chi connectivity index (χ0n) is 14.6. The van der Waals surface area contributed by atoms with Gasteiger partial charge in [-0.25, -0.2) is 4.79 Å². The summed E-state index contributed by atoms with van der Waals surface area (Å²) in [5.74, 6) is -1.29. The minimum atomic E-state index is -1.55. The van der Waals surface area contributed by atoms with E-state index >= 15 is 0 Å². The SMILES string of the molecule is COc1cc(O)c2c(c1)/C=C/CC(O)C(O)C(=O)/C=C\CC(C)OC2=O. The van der Waals surface area contributed by atoms with Crippen molar-refractivity contribution in [2.75, 3.05) is 7.11 Å². The lowest BCUT2D eigenvalue weighted by Crippen LogP contribution is -2.32. The number of phenols is 1. The fraction of sp³-hybridized carbons (Fsp3) is 0.368. The van der Waals surface area contributed by atoms with Crippen LogP contribution in [0.25, 0.3) is 6.08 Å². The predicted molar refractivity (Wildman–Crippen MR) is 94.0 cm³/mol. The third kappa shape index (κ3) is 4.71. The molecule has 26 heavy (non-hydrogen) atoms. The van der Waals surface area contributed by atoms with Gasteiger partial charge in [0.15, 0.2) is 5.78 Å². The van der Waals surface area contributed by atoms with Crippen LogP contribution in [0.3, 0.4) is 0 Å². The molecule has 1 aliphatic heterocycles. The summed E-state index contributed by atoms with van der Waals surface area (Å²) in [5, 5.41) is 30.0. The van der Waals surface area contributed by atoms with Crippen molar-refractivity contribution in [3.63, 3.8) is 0 Å². The van der Waals surface area contributed by atoms with Crippen molar-refractivity contribution in [3.8, 4) is 11.5 Å². The first kappa shape index (κ1) is 19.7. The molecule has 3 N–H and O–H groups in total. The number of fused-ring (bicyclic) bond motifs is 1. The lowest BCUT2D eigenvalue weighted by atomic mass is 10.0. The zero-order chi connectivity index (χ0) is 19.3. The molecule has 0 saturated heterocycles. The fourth-order valence-corrected chi connectivity index (χ4v) is 2.51. The highest BCUT2D eigenvalue weighted by Gasteiger charge is 2.23. The van der Waals surface area contributed by atoms with Gasteiger partial charge in [-0.05, 0) is 31.1 Å². The van der Waals surface area contributed by atoms with Crippen LogP contribution >= 0.6 is 0 Å². The summed E-state index contributed by atoms with van der Waals surface area (Å²) in [5.41, 5.74) is 0.306. The van der Waals surface area contributed by atoms with Gasteiger partial charge >= 0.3 is 5.97 Å². The van der Waals surface area contributed by atoms with Gasteiger partial charge in [0.25, 0.3) is 0 Å². The summed E-state index contributed by atoms with van der Waals surface area (Å²) < 4.78 is 10.4. The maximum Gasteiger partial charge on any atom is 0.342 e. The van der Waals surface area contributed by atoms with E-state index in [-0.39, 0.29) is 24.2 Å². The number of methoxy groups -OCH3 is 1. The monoisotopic (exact) mass is 362 g/mol. The van der Waals surface area contributed by atoms with E-state index < -0.39 is 30.1 Å². The Labute approximate surface area is 151 Å². The smallest absolute Gasteiger partial charge is 0.342 e. The number of ketones is 1. The number of carbonyl (C=O) groups is 2. The molecule has 1 aliphatic rings. The number of rotatable bonds is 1. The normalized spacial score (nSPS) is 27.0. The average Bonchev–Trinajstić information content (AvgIpc) is 2.59. The van der Waals surface area contributed by atoms with Crippen molar-refractivity contribution in [1.82, 2.24) is 0 Å². The van der Waals surface area contributed by atoms with E-state index in [1.807, 2.05) is 0 Å². The summed E-state index contributed by atoms with van der Waals surface area (Å²) in [6.45, 7) is 1.64. The van der Waals surface area contributed by atoms with Crippen LogP contribution in [-0.2, 0) is 9.53 Å². The second-order valence-corrected chi connectivity index (χ2v) is 6.02. The van der Waals surface area contributed by atoms with Crippen molar-refractivity contribution in [1.29, 1.82) is 0 Å². The summed E-state index contributed by atoms with van der Waals surface area (Å²) >= 11 is 0. The Morgan fingerprint density at radius 2 is 1.81 bits per heavy atom. The summed E-state index contributed by atoms with van der Waals surface area (Å²) in [6.07, 6.45) is 2.42. The van der Waals surface area contributed by atoms with Crippen LogP contribution in [0.4, 0.5) is 0 Å². The van der Waals surface area contributed by atoms with E-state index in [1.54, 1.807) is 6.92 Å². The van der Waals surface area contributed by atoms with Crippen LogP contribution in [-0.4, -0.2) is 52.5 Å². The Bertz CT molecular complexity index is 736. The van der Waals surface area contributed by atoms with Crippen molar-refractivity contribution < 1.29 is 34.4 Å². The number of benzene rings is 1. The molecule has 0 saturated carbocycles. The largest absolute Gasteiger partial charge is 0.507 e. The van der Waals surface area contributed by atoms with Gasteiger partial charge in [0.2, 0.25) is 0 Å². The Morgan fingerprint density at radius 3 is 2.50 bits per heavy atom. The van der Waals surface area contributed by atoms with Gasteiger partial charge in [0, 0.05) is 12.5 Å². The lowest BCUT2D eigenvalue weighted by Gasteiger charge is -2.16. The molecule has 0 aromatic heterocycles. The molecule has 1 aromatic carbocycles. The number of aromatic hydroxyl groups is 1. The highest BCUT2D eigenvalue weighted by atomic mass is 16.5. The highest BCUT2D eigenvalue weighted by Crippen LogP contribution is 2.30. The molecule has 0 bridgehead atoms. The molecule has 0 aliphatic carbocycles. The second-order valence-electron chi connectivity index (χ2n) is 6.02. The number of esters is 1. The van der Waals surface area contributed by atoms with E-state index in [9.17, 15) is 24.9 Å². The first-order valence-corrected chi connectivity index (χ1v) is 8.18. The first-order valence-electron chi connectivity index (χ1n) is 8.18. The van der Waals surface area contributed by atoms with Gasteiger partial charge in [-0.15, -0.1) is 0 Å². The number of hydrogen-bond acceptors (Lipinski definition) is 7. The van der Waals surface area contributed by atoms with Gasteiger partial charge < -0.3 is 24.8 Å². The number of hydrogen-bond donors (Lipinski definition) is 3. The number of aliphatic hydroxyl groups is 2. The molecule has 1 aromatic rings. The maximum atomic E-state index is 12.4. The Kier molecular flexibility index (Phi) is 6.54. The first-order chi connectivity index (χ1) is 12.3. The zero-order valence-corrected chi connectivity index (χ0v) is 14.6. The Hall–Kier alpha value is -2.64. The van der Waals surface area contributed by atoms with Gasteiger partial charge in [-0.3, -0.25) is 4.79 Å². The maximum absolute atomic E-state index is 12.4. The van der Waals surface area contributed by atoms with Crippen LogP contribution in [0, 0.1) is 0 Å². The van der Waals surface area contributed by atoms with E-state index in [4.69, 9.17) is 9.47 Å². The Morgan fingerprint density at radius 1 is 1.12 bits per heavy atom. The van der Waals surface area contributed by atoms with Crippen molar-refractivity contribution >= 4 is 17.8 Å². The quantitative estimate of drug-likeness (QED) is 0.650. The number of ether oxygens (including phenoxy) is 2. The van der Waals surface area contributed by atoms with Crippen LogP contribution < -0.4 is 4.74 Å². The van der Waals surface area contributed by atoms with Crippen LogP contribution in [0.15, 0.2) is 30.4 Å². The van der Waals surface area contributed by atoms with E-state index in [0.717, 1.165) is 6.08 Å². The van der Waals surface area contributed by atoms with E-state index in [0.29, 0.717) is 11.3 Å². The topological polar surface area (TPSA) is 113 Å². The highest BCUT2D eigenvalue weighted by molar-refractivity contribution is 5.97. The molecule has 3 unspecified atom stereocenters. The Balaban J connectivity index is 2.45. The molecule has 1 heterocycles. The summed E-state index contributed by atoms with van der Waals surface area (Å²) in [6, 6.07) is 2.84. The molecule has 0 radical (unpaired) electrons. The minimum Gasteiger partial charge on any atom is -0.507 e. The summed E-state index contributed by atoms with van der Waals surface area (Å²) in [7, 11) is 1.42. The van der Waals surface area contributed by atoms with Gasteiger partial charge in [0.05, 0.1) is 13.2 Å². The molecule has 7 heteroatoms. The van der Waals surface area contributed by atoms with Crippen molar-refractivity contribution in [2.24, 2.45) is 0 Å². The number of cyclic esters (lactones) is 1. The average molecular weight is 362 g/mol. The minimum absolute atomic E-state index is 0.0242. The third-order valence-electron chi connectivity index (χ3n) is 3.95. The van der Waals surface area contributed by atoms with Gasteiger partial charge in [-0.1, -0.05) is 18.2 Å². The number of aliphatic hydroxyl groups excluding tert-OH is 2. The van der Waals surface area contributed by atoms with Crippen LogP contribution in [0.2, 0.25) is 0 Å². The number of phenolic OH excluding ortho intramolecular Hbond substituents is 1. The van der Waals surface area contributed by atoms with Crippen LogP contribution in [0.1, 0.15) is 35.7 Å². The van der Waals surface area contributed by atoms with Gasteiger partial charge in [0.1, 0.15) is 29.3 Å². The molecular weight excluding hydrogens is 340 g/mol. The fourth-order valence-electron chi connectivity index (χ4n) is 2.51. The van der Waals surface area contributed by atoms with Crippen molar-refractivity contribution in [3.05, 3.63) is 41.5 Å². The molecule has 0 fully saturated rings. The third-order valence-corrected chi connectivity index (χ3v) is 3.95. The summed E-state index contributed by atoms with van der Waals surface area (Å²) in [4.78, 5) is 24.3. The molecule has 0 amide bonds. The standard InChI is InChI=1S/C19H22O7/c1-11-5-3-7-14(20)18(23)15(21)8-4-6-12-9-13(25-2)10-16(22)17(12)19(24)26-11/h3-4,6-7,9-11,15,18,21-23H,5,8H2,1-2H3/b6-4+,7-3-. The molecular formula is C19H22O7. The predicted octanol–water partition coefficient (Wildman–Crippen LogP) is 1.60. The van der Waals surface area contributed by atoms with E-state index in [1.165, 1.54) is 37.5 Å².